The van der Waals surface area contributed by atoms with E-state index in [2.05, 4.69) is 4.74 Å². The number of carbonyl (C=O) groups is 1. The first-order valence-corrected chi connectivity index (χ1v) is 7.53. The summed E-state index contributed by atoms with van der Waals surface area (Å²) < 4.78 is 55.1. The monoisotopic (exact) mass is 354 g/mol. The first-order chi connectivity index (χ1) is 12.0. The van der Waals surface area contributed by atoms with E-state index in [9.17, 15) is 18.0 Å². The molecule has 0 spiro atoms. The normalized spacial score (nSPS) is 10.6. The summed E-state index contributed by atoms with van der Waals surface area (Å²) in [6.45, 7) is 1.49. The Labute approximate surface area is 143 Å². The van der Waals surface area contributed by atoms with Gasteiger partial charge in [-0.2, -0.15) is 0 Å². The van der Waals surface area contributed by atoms with Crippen LogP contribution in [0.4, 0.5) is 18.0 Å². The van der Waals surface area contributed by atoms with Crippen LogP contribution in [0.5, 0.6) is 11.5 Å². The van der Waals surface area contributed by atoms with Crippen molar-refractivity contribution in [2.45, 2.75) is 26.4 Å². The van der Waals surface area contributed by atoms with Crippen LogP contribution in [-0.2, 0) is 17.8 Å². The van der Waals surface area contributed by atoms with Gasteiger partial charge in [-0.05, 0) is 24.1 Å². The maximum atomic E-state index is 13.9. The number of para-hydroxylation sites is 1. The summed E-state index contributed by atoms with van der Waals surface area (Å²) in [4.78, 5) is 11.2. The molecule has 0 radical (unpaired) electrons. The van der Waals surface area contributed by atoms with Crippen molar-refractivity contribution in [3.05, 3.63) is 58.9 Å². The summed E-state index contributed by atoms with van der Waals surface area (Å²) in [6, 6.07) is 8.44. The minimum Gasteiger partial charge on any atom is -0.488 e. The van der Waals surface area contributed by atoms with Crippen molar-refractivity contribution in [3.8, 4) is 11.5 Å². The van der Waals surface area contributed by atoms with Gasteiger partial charge in [-0.1, -0.05) is 25.1 Å². The fourth-order valence-corrected chi connectivity index (χ4v) is 2.19. The zero-order chi connectivity index (χ0) is 18.4. The van der Waals surface area contributed by atoms with E-state index < -0.39 is 18.4 Å². The summed E-state index contributed by atoms with van der Waals surface area (Å²) in [5.74, 6) is -0.697. The number of benzene rings is 2. The van der Waals surface area contributed by atoms with Gasteiger partial charge in [-0.3, -0.25) is 0 Å². The third-order valence-electron chi connectivity index (χ3n) is 3.51. The molecule has 2 aromatic carbocycles. The number of carbonyl (C=O) groups excluding carboxylic acids is 1. The number of hydrogen-bond donors (Lipinski definition) is 0. The van der Waals surface area contributed by atoms with E-state index in [1.54, 1.807) is 25.1 Å². The molecule has 0 atom stereocenters. The fourth-order valence-electron chi connectivity index (χ4n) is 2.19. The molecule has 25 heavy (non-hydrogen) atoms. The standard InChI is InChI=1S/C18H17F3O4/c1-3-11-8-13(17(20)21)16(9-14(11)19)24-10-12-6-4-5-7-15(12)25-18(22)23-2/h4-9,17H,3,10H2,1-2H3. The minimum absolute atomic E-state index is 0.165. The molecule has 4 nitrogen and oxygen atoms in total. The smallest absolute Gasteiger partial charge is 0.488 e. The van der Waals surface area contributed by atoms with Crippen LogP contribution < -0.4 is 9.47 Å². The molecule has 134 valence electrons. The van der Waals surface area contributed by atoms with Gasteiger partial charge in [0.15, 0.2) is 0 Å². The first-order valence-electron chi connectivity index (χ1n) is 7.53. The molecule has 0 fully saturated rings. The molecule has 0 aliphatic heterocycles. The van der Waals surface area contributed by atoms with Crippen LogP contribution in [-0.4, -0.2) is 13.3 Å². The van der Waals surface area contributed by atoms with E-state index >= 15 is 0 Å². The van der Waals surface area contributed by atoms with Gasteiger partial charge < -0.3 is 14.2 Å². The molecule has 0 bridgehead atoms. The van der Waals surface area contributed by atoms with Crippen LogP contribution in [0, 0.1) is 5.82 Å². The lowest BCUT2D eigenvalue weighted by Crippen LogP contribution is -2.10. The van der Waals surface area contributed by atoms with Gasteiger partial charge in [0.1, 0.15) is 23.9 Å². The summed E-state index contributed by atoms with van der Waals surface area (Å²) in [5.41, 5.74) is 0.231. The molecule has 0 heterocycles. The summed E-state index contributed by atoms with van der Waals surface area (Å²) >= 11 is 0. The molecule has 0 saturated heterocycles. The van der Waals surface area contributed by atoms with Crippen LogP contribution in [0.1, 0.15) is 30.0 Å². The van der Waals surface area contributed by atoms with E-state index in [0.29, 0.717) is 12.0 Å². The number of halogens is 3. The predicted octanol–water partition coefficient (Wildman–Crippen LogP) is 5.05. The Kier molecular flexibility index (Phi) is 6.27. The third-order valence-corrected chi connectivity index (χ3v) is 3.51. The topological polar surface area (TPSA) is 44.8 Å². The van der Waals surface area contributed by atoms with Crippen molar-refractivity contribution < 1.29 is 32.2 Å². The fraction of sp³-hybridized carbons (Fsp3) is 0.278. The van der Waals surface area contributed by atoms with Gasteiger partial charge in [0.05, 0.1) is 12.7 Å². The molecular formula is C18H17F3O4. The lowest BCUT2D eigenvalue weighted by molar-refractivity contribution is 0.120. The molecule has 7 heteroatoms. The van der Waals surface area contributed by atoms with Crippen molar-refractivity contribution in [3.63, 3.8) is 0 Å². The SMILES string of the molecule is CCc1cc(C(F)F)c(OCc2ccccc2OC(=O)OC)cc1F. The highest BCUT2D eigenvalue weighted by atomic mass is 19.3. The van der Waals surface area contributed by atoms with Crippen LogP contribution >= 0.6 is 0 Å². The van der Waals surface area contributed by atoms with Gasteiger partial charge in [0, 0.05) is 11.6 Å². The van der Waals surface area contributed by atoms with Crippen LogP contribution in [0.3, 0.4) is 0 Å². The number of alkyl halides is 2. The number of aryl methyl sites for hydroxylation is 1. The van der Waals surface area contributed by atoms with Crippen molar-refractivity contribution >= 4 is 6.16 Å². The Bertz CT molecular complexity index is 747. The van der Waals surface area contributed by atoms with Crippen LogP contribution in [0.2, 0.25) is 0 Å². The Hall–Kier alpha value is -2.70. The average molecular weight is 354 g/mol. The lowest BCUT2D eigenvalue weighted by Gasteiger charge is -2.15. The van der Waals surface area contributed by atoms with Crippen molar-refractivity contribution in [1.29, 1.82) is 0 Å². The Balaban J connectivity index is 2.24. The maximum Gasteiger partial charge on any atom is 0.513 e. The molecule has 2 aromatic rings. The summed E-state index contributed by atoms with van der Waals surface area (Å²) in [6.07, 6.45) is -3.43. The van der Waals surface area contributed by atoms with Crippen molar-refractivity contribution in [2.24, 2.45) is 0 Å². The third kappa shape index (κ3) is 4.65. The van der Waals surface area contributed by atoms with Crippen molar-refractivity contribution in [2.75, 3.05) is 7.11 Å². The average Bonchev–Trinajstić information content (AvgIpc) is 2.60. The van der Waals surface area contributed by atoms with Gasteiger partial charge >= 0.3 is 6.16 Å². The first kappa shape index (κ1) is 18.6. The summed E-state index contributed by atoms with van der Waals surface area (Å²) in [7, 11) is 1.16. The number of ether oxygens (including phenoxy) is 3. The Morgan fingerprint density at radius 2 is 1.84 bits per heavy atom. The molecule has 0 N–H and O–H groups in total. The van der Waals surface area contributed by atoms with Gasteiger partial charge in [-0.25, -0.2) is 18.0 Å². The zero-order valence-electron chi connectivity index (χ0n) is 13.7. The second-order valence-corrected chi connectivity index (χ2v) is 5.09. The molecule has 0 aliphatic carbocycles. The molecule has 0 unspecified atom stereocenters. The Morgan fingerprint density at radius 1 is 1.12 bits per heavy atom. The maximum absolute atomic E-state index is 13.9. The summed E-state index contributed by atoms with van der Waals surface area (Å²) in [5, 5.41) is 0. The second kappa shape index (κ2) is 8.41. The lowest BCUT2D eigenvalue weighted by atomic mass is 10.1. The van der Waals surface area contributed by atoms with E-state index in [4.69, 9.17) is 9.47 Å². The van der Waals surface area contributed by atoms with Gasteiger partial charge in [-0.15, -0.1) is 0 Å². The zero-order valence-corrected chi connectivity index (χ0v) is 13.7. The molecule has 0 aliphatic rings. The van der Waals surface area contributed by atoms with E-state index in [1.807, 2.05) is 0 Å². The minimum atomic E-state index is -2.80. The molecular weight excluding hydrogens is 337 g/mol. The van der Waals surface area contributed by atoms with E-state index in [-0.39, 0.29) is 29.2 Å². The van der Waals surface area contributed by atoms with E-state index in [0.717, 1.165) is 19.2 Å². The molecule has 2 rings (SSSR count). The number of hydrogen-bond acceptors (Lipinski definition) is 4. The predicted molar refractivity (Wildman–Crippen MR) is 84.5 cm³/mol. The van der Waals surface area contributed by atoms with Crippen LogP contribution in [0.15, 0.2) is 36.4 Å². The molecule has 0 saturated carbocycles. The highest BCUT2D eigenvalue weighted by Gasteiger charge is 2.18. The van der Waals surface area contributed by atoms with Gasteiger partial charge in [0.25, 0.3) is 6.43 Å². The Morgan fingerprint density at radius 3 is 2.48 bits per heavy atom. The second-order valence-electron chi connectivity index (χ2n) is 5.09. The van der Waals surface area contributed by atoms with Crippen LogP contribution in [0.25, 0.3) is 0 Å². The molecule has 0 aromatic heterocycles. The highest BCUT2D eigenvalue weighted by Crippen LogP contribution is 2.33. The van der Waals surface area contributed by atoms with Gasteiger partial charge in [0.2, 0.25) is 0 Å². The number of methoxy groups -OCH3 is 1. The van der Waals surface area contributed by atoms with Crippen molar-refractivity contribution in [1.82, 2.24) is 0 Å². The highest BCUT2D eigenvalue weighted by molar-refractivity contribution is 5.64. The van der Waals surface area contributed by atoms with E-state index in [1.165, 1.54) is 6.07 Å². The quantitative estimate of drug-likeness (QED) is 0.538. The molecule has 0 amide bonds. The number of rotatable bonds is 6. The largest absolute Gasteiger partial charge is 0.513 e.